The van der Waals surface area contributed by atoms with Gasteiger partial charge in [-0.05, 0) is 25.5 Å². The first-order valence-electron chi connectivity index (χ1n) is 5.68. The molecule has 0 spiro atoms. The fraction of sp³-hybridized carbons (Fsp3) is 1.00. The molecule has 0 amide bonds. The van der Waals surface area contributed by atoms with Gasteiger partial charge < -0.3 is 0 Å². The molecule has 0 saturated heterocycles. The van der Waals surface area contributed by atoms with E-state index in [-0.39, 0.29) is 18.2 Å². The first-order valence-corrected chi connectivity index (χ1v) is 8.62. The summed E-state index contributed by atoms with van der Waals surface area (Å²) in [4.78, 5) is 0. The van der Waals surface area contributed by atoms with Crippen molar-refractivity contribution >= 4 is 21.8 Å². The lowest BCUT2D eigenvalue weighted by atomic mass is 9.96. The van der Waals surface area contributed by atoms with E-state index < -0.39 is 16.7 Å². The van der Waals surface area contributed by atoms with Crippen molar-refractivity contribution in [3.63, 3.8) is 0 Å². The van der Waals surface area contributed by atoms with Crippen LogP contribution >= 0.6 is 11.8 Å². The van der Waals surface area contributed by atoms with Gasteiger partial charge in [0.25, 0.3) is 0 Å². The van der Waals surface area contributed by atoms with Crippen molar-refractivity contribution in [2.75, 3.05) is 18.7 Å². The van der Waals surface area contributed by atoms with E-state index in [4.69, 9.17) is 0 Å². The van der Waals surface area contributed by atoms with Crippen LogP contribution < -0.4 is 4.72 Å². The molecule has 0 unspecified atom stereocenters. The van der Waals surface area contributed by atoms with Crippen LogP contribution in [0.25, 0.3) is 0 Å². The van der Waals surface area contributed by atoms with Crippen LogP contribution in [0.1, 0.15) is 32.1 Å². The lowest BCUT2D eigenvalue weighted by molar-refractivity contribution is 0.421. The zero-order valence-electron chi connectivity index (χ0n) is 9.62. The number of hydrogen-bond donors (Lipinski definition) is 1. The van der Waals surface area contributed by atoms with Crippen LogP contribution in [0, 0.1) is 0 Å². The average molecular weight is 269 g/mol. The molecule has 0 aromatic carbocycles. The summed E-state index contributed by atoms with van der Waals surface area (Å²) in [5, 5.41) is 0.369. The molecule has 1 aliphatic rings. The Labute approximate surface area is 102 Å². The summed E-state index contributed by atoms with van der Waals surface area (Å²) in [6, 6.07) is 0.0355. The number of nitrogens with one attached hydrogen (secondary N) is 1. The van der Waals surface area contributed by atoms with Gasteiger partial charge in [-0.15, -0.1) is 0 Å². The van der Waals surface area contributed by atoms with Crippen molar-refractivity contribution in [2.24, 2.45) is 0 Å². The second-order valence-corrected chi connectivity index (χ2v) is 7.09. The topological polar surface area (TPSA) is 46.2 Å². The lowest BCUT2D eigenvalue weighted by Gasteiger charge is -2.30. The fourth-order valence-corrected chi connectivity index (χ4v) is 4.42. The van der Waals surface area contributed by atoms with E-state index >= 15 is 0 Å². The number of thioether (sulfide) groups is 1. The fourth-order valence-electron chi connectivity index (χ4n) is 2.05. The predicted molar refractivity (Wildman–Crippen MR) is 67.1 cm³/mol. The van der Waals surface area contributed by atoms with Gasteiger partial charge in [-0.3, -0.25) is 4.39 Å². The van der Waals surface area contributed by atoms with Gasteiger partial charge in [0, 0.05) is 11.3 Å². The Bertz CT molecular complexity index is 295. The largest absolute Gasteiger partial charge is 0.251 e. The Kier molecular flexibility index (Phi) is 6.07. The monoisotopic (exact) mass is 269 g/mol. The van der Waals surface area contributed by atoms with Gasteiger partial charge in [0.15, 0.2) is 0 Å². The number of sulfonamides is 1. The highest BCUT2D eigenvalue weighted by molar-refractivity contribution is 7.99. The van der Waals surface area contributed by atoms with Crippen LogP contribution in [0.2, 0.25) is 0 Å². The molecule has 2 atom stereocenters. The summed E-state index contributed by atoms with van der Waals surface area (Å²) in [5.41, 5.74) is 0. The van der Waals surface area contributed by atoms with Crippen molar-refractivity contribution < 1.29 is 12.8 Å². The molecule has 1 saturated carbocycles. The zero-order chi connectivity index (χ0) is 12.0. The van der Waals surface area contributed by atoms with E-state index in [2.05, 4.69) is 4.72 Å². The van der Waals surface area contributed by atoms with Crippen LogP contribution in [-0.2, 0) is 10.0 Å². The van der Waals surface area contributed by atoms with Crippen LogP contribution in [0.4, 0.5) is 4.39 Å². The number of hydrogen-bond acceptors (Lipinski definition) is 3. The van der Waals surface area contributed by atoms with Gasteiger partial charge in [-0.2, -0.15) is 11.8 Å². The smallest absolute Gasteiger partial charge is 0.211 e. The second-order valence-electron chi connectivity index (χ2n) is 4.14. The maximum Gasteiger partial charge on any atom is 0.211 e. The van der Waals surface area contributed by atoms with Crippen molar-refractivity contribution in [3.8, 4) is 0 Å². The second kappa shape index (κ2) is 6.81. The van der Waals surface area contributed by atoms with Crippen molar-refractivity contribution in [2.45, 2.75) is 43.4 Å². The zero-order valence-corrected chi connectivity index (χ0v) is 11.2. The third-order valence-corrected chi connectivity index (χ3v) is 5.54. The van der Waals surface area contributed by atoms with E-state index in [0.717, 1.165) is 19.3 Å². The third-order valence-electron chi connectivity index (χ3n) is 2.88. The van der Waals surface area contributed by atoms with Crippen LogP contribution in [0.15, 0.2) is 0 Å². The van der Waals surface area contributed by atoms with Crippen molar-refractivity contribution in [1.29, 1.82) is 0 Å². The van der Waals surface area contributed by atoms with Gasteiger partial charge in [0.1, 0.15) is 0 Å². The molecule has 0 bridgehead atoms. The van der Waals surface area contributed by atoms with Crippen LogP contribution in [0.5, 0.6) is 0 Å². The van der Waals surface area contributed by atoms with Gasteiger partial charge in [-0.25, -0.2) is 13.1 Å². The molecule has 0 aliphatic heterocycles. The molecule has 3 nitrogen and oxygen atoms in total. The molecular formula is C10H20FNO2S2. The molecule has 0 radical (unpaired) electrons. The molecule has 16 heavy (non-hydrogen) atoms. The Balaban J connectivity index is 2.50. The molecule has 0 heterocycles. The summed E-state index contributed by atoms with van der Waals surface area (Å²) < 4.78 is 37.9. The quantitative estimate of drug-likeness (QED) is 0.801. The van der Waals surface area contributed by atoms with Crippen LogP contribution in [0.3, 0.4) is 0 Å². The SMILES string of the molecule is CS[C@@H]1CCCC[C@H]1NS(=O)(=O)CCCF. The molecule has 0 aromatic heterocycles. The molecule has 6 heteroatoms. The highest BCUT2D eigenvalue weighted by Gasteiger charge is 2.27. The first kappa shape index (κ1) is 14.3. The number of alkyl halides is 1. The third kappa shape index (κ3) is 4.59. The first-order chi connectivity index (χ1) is 7.59. The van der Waals surface area contributed by atoms with E-state index in [9.17, 15) is 12.8 Å². The molecule has 1 fully saturated rings. The predicted octanol–water partition coefficient (Wildman–Crippen LogP) is 1.94. The minimum Gasteiger partial charge on any atom is -0.251 e. The molecule has 1 N–H and O–H groups in total. The van der Waals surface area contributed by atoms with E-state index in [1.807, 2.05) is 6.26 Å². The minimum absolute atomic E-state index is 0.0355. The summed E-state index contributed by atoms with van der Waals surface area (Å²) in [6.45, 7) is -0.572. The molecule has 96 valence electrons. The number of rotatable bonds is 6. The number of halogens is 1. The van der Waals surface area contributed by atoms with E-state index in [0.29, 0.717) is 5.25 Å². The summed E-state index contributed by atoms with van der Waals surface area (Å²) in [6.07, 6.45) is 6.32. The van der Waals surface area contributed by atoms with Crippen molar-refractivity contribution in [3.05, 3.63) is 0 Å². The molecule has 1 aliphatic carbocycles. The molecule has 0 aromatic rings. The van der Waals surface area contributed by atoms with Crippen molar-refractivity contribution in [1.82, 2.24) is 4.72 Å². The Hall–Kier alpha value is 0.190. The standard InChI is InChI=1S/C10H20FNO2S2/c1-15-10-6-3-2-5-9(10)12-16(13,14)8-4-7-11/h9-10,12H,2-8H2,1H3/t9-,10-/m1/s1. The summed E-state index contributed by atoms with van der Waals surface area (Å²) in [5.74, 6) is -0.0961. The Morgan fingerprint density at radius 2 is 2.06 bits per heavy atom. The van der Waals surface area contributed by atoms with Crippen LogP contribution in [-0.4, -0.2) is 38.4 Å². The van der Waals surface area contributed by atoms with Gasteiger partial charge in [0.05, 0.1) is 12.4 Å². The Morgan fingerprint density at radius 3 is 2.69 bits per heavy atom. The highest BCUT2D eigenvalue weighted by atomic mass is 32.2. The summed E-state index contributed by atoms with van der Waals surface area (Å²) in [7, 11) is -3.29. The Morgan fingerprint density at radius 1 is 1.38 bits per heavy atom. The maximum absolute atomic E-state index is 11.9. The maximum atomic E-state index is 11.9. The average Bonchev–Trinajstić information content (AvgIpc) is 2.27. The molecule has 1 rings (SSSR count). The van der Waals surface area contributed by atoms with E-state index in [1.54, 1.807) is 11.8 Å². The van der Waals surface area contributed by atoms with Gasteiger partial charge >= 0.3 is 0 Å². The van der Waals surface area contributed by atoms with Gasteiger partial charge in [0.2, 0.25) is 10.0 Å². The highest BCUT2D eigenvalue weighted by Crippen LogP contribution is 2.27. The van der Waals surface area contributed by atoms with Gasteiger partial charge in [-0.1, -0.05) is 12.8 Å². The lowest BCUT2D eigenvalue weighted by Crippen LogP contribution is -2.44. The molecular weight excluding hydrogens is 249 g/mol. The normalized spacial score (nSPS) is 26.9. The summed E-state index contributed by atoms with van der Waals surface area (Å²) >= 11 is 1.72. The van der Waals surface area contributed by atoms with E-state index in [1.165, 1.54) is 6.42 Å². The minimum atomic E-state index is -3.29.